The van der Waals surface area contributed by atoms with Crippen LogP contribution in [-0.2, 0) is 15.3 Å². The summed E-state index contributed by atoms with van der Waals surface area (Å²) < 4.78 is 31.3. The van der Waals surface area contributed by atoms with Crippen LogP contribution in [0.25, 0.3) is 22.4 Å². The lowest BCUT2D eigenvalue weighted by atomic mass is 9.87. The number of nitrogens with zero attached hydrogens (tertiary/aromatic N) is 2. The second kappa shape index (κ2) is 12.3. The molecule has 0 spiro atoms. The second-order valence-corrected chi connectivity index (χ2v) is 13.5. The summed E-state index contributed by atoms with van der Waals surface area (Å²) in [5.74, 6) is 0.342. The highest BCUT2D eigenvalue weighted by Crippen LogP contribution is 2.35. The monoisotopic (exact) mass is 572 g/mol. The van der Waals surface area contributed by atoms with Gasteiger partial charge in [0.1, 0.15) is 16.8 Å². The molecule has 206 valence electrons. The largest absolute Gasteiger partial charge is 0.497 e. The van der Waals surface area contributed by atoms with Gasteiger partial charge in [-0.3, -0.25) is 0 Å². The molecule has 0 bridgehead atoms. The lowest BCUT2D eigenvalue weighted by molar-refractivity contribution is 0.222. The van der Waals surface area contributed by atoms with Gasteiger partial charge in [-0.15, -0.1) is 11.8 Å². The fraction of sp³-hybridized carbons (Fsp3) is 0.250. The molecule has 1 unspecified atom stereocenters. The Morgan fingerprint density at radius 2 is 1.62 bits per heavy atom. The average Bonchev–Trinajstić information content (AvgIpc) is 2.95. The van der Waals surface area contributed by atoms with Crippen LogP contribution in [0.5, 0.6) is 5.75 Å². The van der Waals surface area contributed by atoms with Crippen molar-refractivity contribution in [1.82, 2.24) is 4.98 Å². The molecule has 8 heteroatoms. The summed E-state index contributed by atoms with van der Waals surface area (Å²) in [6.07, 6.45) is -1.16. The van der Waals surface area contributed by atoms with Gasteiger partial charge in [-0.2, -0.15) is 5.26 Å². The number of methoxy groups -OCH3 is 1. The maximum Gasteiger partial charge on any atom is 0.180 e. The smallest absolute Gasteiger partial charge is 0.180 e. The topological polar surface area (TPSA) is 100 Å². The maximum absolute atomic E-state index is 13.0. The van der Waals surface area contributed by atoms with E-state index < -0.39 is 21.7 Å². The lowest BCUT2D eigenvalue weighted by Gasteiger charge is -2.19. The minimum Gasteiger partial charge on any atom is -0.497 e. The van der Waals surface area contributed by atoms with Crippen molar-refractivity contribution in [3.8, 4) is 34.2 Å². The number of aromatic nitrogens is 1. The molecule has 4 aromatic rings. The molecule has 6 nitrogen and oxygen atoms in total. The Morgan fingerprint density at radius 1 is 0.975 bits per heavy atom. The van der Waals surface area contributed by atoms with Crippen LogP contribution >= 0.6 is 11.8 Å². The summed E-state index contributed by atoms with van der Waals surface area (Å²) in [7, 11) is -2.11. The van der Waals surface area contributed by atoms with Crippen molar-refractivity contribution in [2.75, 3.05) is 18.6 Å². The van der Waals surface area contributed by atoms with Gasteiger partial charge >= 0.3 is 0 Å². The van der Waals surface area contributed by atoms with Gasteiger partial charge in [0.05, 0.1) is 35.1 Å². The molecular weight excluding hydrogens is 540 g/mol. The molecule has 3 aromatic carbocycles. The molecule has 4 rings (SSSR count). The normalized spacial score (nSPS) is 12.5. The lowest BCUT2D eigenvalue weighted by Crippen LogP contribution is -2.23. The Morgan fingerprint density at radius 3 is 2.20 bits per heavy atom. The van der Waals surface area contributed by atoms with Crippen molar-refractivity contribution in [2.45, 2.75) is 42.2 Å². The van der Waals surface area contributed by atoms with Gasteiger partial charge in [0.15, 0.2) is 9.84 Å². The van der Waals surface area contributed by atoms with E-state index in [1.165, 1.54) is 11.8 Å². The van der Waals surface area contributed by atoms with Gasteiger partial charge in [0, 0.05) is 16.9 Å². The minimum absolute atomic E-state index is 0.0568. The van der Waals surface area contributed by atoms with Crippen LogP contribution in [0.15, 0.2) is 94.9 Å². The first-order valence-electron chi connectivity index (χ1n) is 12.8. The number of hydrogen-bond acceptors (Lipinski definition) is 7. The molecular formula is C32H32N2O4S2. The van der Waals surface area contributed by atoms with Crippen LogP contribution in [0, 0.1) is 11.3 Å². The Kier molecular flexibility index (Phi) is 8.99. The number of nitriles is 1. The van der Waals surface area contributed by atoms with E-state index in [1.54, 1.807) is 19.2 Å². The summed E-state index contributed by atoms with van der Waals surface area (Å²) in [4.78, 5) is 4.93. The number of sulfone groups is 1. The summed E-state index contributed by atoms with van der Waals surface area (Å²) >= 11 is 1.17. The molecule has 0 aliphatic carbocycles. The van der Waals surface area contributed by atoms with Gasteiger partial charge in [0.25, 0.3) is 0 Å². The van der Waals surface area contributed by atoms with Crippen LogP contribution in [0.3, 0.4) is 0 Å². The second-order valence-electron chi connectivity index (χ2n) is 10.5. The first kappa shape index (κ1) is 29.3. The zero-order valence-corrected chi connectivity index (χ0v) is 24.6. The van der Waals surface area contributed by atoms with Crippen molar-refractivity contribution < 1.29 is 18.3 Å². The molecule has 0 aliphatic rings. The fourth-order valence-electron chi connectivity index (χ4n) is 4.22. The molecule has 40 heavy (non-hydrogen) atoms. The number of aliphatic hydroxyl groups excluding tert-OH is 1. The molecule has 0 amide bonds. The van der Waals surface area contributed by atoms with Crippen LogP contribution in [0.1, 0.15) is 31.9 Å². The molecule has 1 aromatic heterocycles. The predicted octanol–water partition coefficient (Wildman–Crippen LogP) is 6.52. The third-order valence-corrected chi connectivity index (χ3v) is 9.41. The maximum atomic E-state index is 13.0. The molecule has 1 heterocycles. The Hall–Kier alpha value is -3.64. The van der Waals surface area contributed by atoms with Crippen molar-refractivity contribution in [3.05, 3.63) is 96.1 Å². The number of ether oxygens (including phenoxy) is 1. The molecule has 0 radical (unpaired) electrons. The molecule has 0 fully saturated rings. The number of hydrogen-bond donors (Lipinski definition) is 1. The third-order valence-electron chi connectivity index (χ3n) is 6.47. The van der Waals surface area contributed by atoms with Gasteiger partial charge in [-0.1, -0.05) is 63.2 Å². The van der Waals surface area contributed by atoms with Crippen molar-refractivity contribution >= 4 is 21.6 Å². The molecule has 0 aliphatic heterocycles. The van der Waals surface area contributed by atoms with Crippen LogP contribution < -0.4 is 4.74 Å². The van der Waals surface area contributed by atoms with Gasteiger partial charge < -0.3 is 9.84 Å². The van der Waals surface area contributed by atoms with Gasteiger partial charge in [-0.05, 0) is 59.0 Å². The zero-order valence-electron chi connectivity index (χ0n) is 23.0. The predicted molar refractivity (Wildman–Crippen MR) is 160 cm³/mol. The molecule has 1 atom stereocenters. The molecule has 1 N–H and O–H groups in total. The quantitative estimate of drug-likeness (QED) is 0.228. The van der Waals surface area contributed by atoms with E-state index in [1.807, 2.05) is 72.8 Å². The van der Waals surface area contributed by atoms with Crippen molar-refractivity contribution in [2.24, 2.45) is 0 Å². The van der Waals surface area contributed by atoms with Crippen LogP contribution in [0.2, 0.25) is 0 Å². The highest BCUT2D eigenvalue weighted by Gasteiger charge is 2.23. The van der Waals surface area contributed by atoms with Crippen molar-refractivity contribution in [3.63, 3.8) is 0 Å². The number of benzene rings is 3. The first-order chi connectivity index (χ1) is 19.0. The first-order valence-corrected chi connectivity index (χ1v) is 15.4. The van der Waals surface area contributed by atoms with E-state index >= 15 is 0 Å². The van der Waals surface area contributed by atoms with Crippen molar-refractivity contribution in [1.29, 1.82) is 5.26 Å². The highest BCUT2D eigenvalue weighted by molar-refractivity contribution is 7.99. The zero-order chi connectivity index (χ0) is 28.9. The summed E-state index contributed by atoms with van der Waals surface area (Å²) in [6, 6.07) is 28.0. The Bertz CT molecular complexity index is 1610. The van der Waals surface area contributed by atoms with E-state index in [4.69, 9.17) is 9.72 Å². The van der Waals surface area contributed by atoms with E-state index in [9.17, 15) is 18.8 Å². The van der Waals surface area contributed by atoms with E-state index in [0.717, 1.165) is 16.7 Å². The standard InChI is InChI=1S/C32H32N2O4S2/c1-32(2,3)24-12-16-27(17-13-24)40(36,37)21-25(35)20-39-31-29(19-33)28(22-8-6-5-7-9-22)18-30(34-31)23-10-14-26(38-4)15-11-23/h5-18,25,35H,20-21H2,1-4H3. The van der Waals surface area contributed by atoms with E-state index in [-0.39, 0.29) is 16.1 Å². The number of aliphatic hydroxyl groups is 1. The third kappa shape index (κ3) is 6.92. The average molecular weight is 573 g/mol. The molecule has 0 saturated carbocycles. The number of thioether (sulfide) groups is 1. The molecule has 0 saturated heterocycles. The van der Waals surface area contributed by atoms with Gasteiger partial charge in [-0.25, -0.2) is 13.4 Å². The van der Waals surface area contributed by atoms with E-state index in [2.05, 4.69) is 26.8 Å². The highest BCUT2D eigenvalue weighted by atomic mass is 32.2. The van der Waals surface area contributed by atoms with E-state index in [0.29, 0.717) is 27.6 Å². The van der Waals surface area contributed by atoms with Crippen LogP contribution in [0.4, 0.5) is 0 Å². The fourth-order valence-corrected chi connectivity index (χ4v) is 6.67. The van der Waals surface area contributed by atoms with Gasteiger partial charge in [0.2, 0.25) is 0 Å². The SMILES string of the molecule is COc1ccc(-c2cc(-c3ccccc3)c(C#N)c(SCC(O)CS(=O)(=O)c3ccc(C(C)(C)C)cc3)n2)cc1. The number of rotatable bonds is 9. The van der Waals surface area contributed by atoms with Crippen LogP contribution in [-0.4, -0.2) is 43.2 Å². The number of pyridine rings is 1. The Labute approximate surface area is 240 Å². The Balaban J connectivity index is 1.61. The summed E-state index contributed by atoms with van der Waals surface area (Å²) in [6.45, 7) is 6.19. The minimum atomic E-state index is -3.71. The summed E-state index contributed by atoms with van der Waals surface area (Å²) in [5, 5.41) is 21.3. The summed E-state index contributed by atoms with van der Waals surface area (Å²) in [5.41, 5.74) is 4.38.